The second kappa shape index (κ2) is 8.32. The van der Waals surface area contributed by atoms with Crippen LogP contribution in [0.15, 0.2) is 24.3 Å². The monoisotopic (exact) mass is 245 g/mol. The lowest BCUT2D eigenvalue weighted by molar-refractivity contribution is -0.118. The molecule has 1 amide bonds. The van der Waals surface area contributed by atoms with E-state index in [1.54, 1.807) is 0 Å². The first-order chi connectivity index (χ1) is 8.72. The summed E-state index contributed by atoms with van der Waals surface area (Å²) in [5.41, 5.74) is 2.19. The number of hydrogen-bond donors (Lipinski definition) is 2. The lowest BCUT2D eigenvalue weighted by Gasteiger charge is -1.99. The van der Waals surface area contributed by atoms with Gasteiger partial charge in [0.25, 0.3) is 0 Å². The SMILES string of the molecule is CC(=O)NCCC#Cc1ccc(CCCO)cc1. The van der Waals surface area contributed by atoms with Crippen LogP contribution < -0.4 is 5.32 Å². The fourth-order valence-electron chi connectivity index (χ4n) is 1.50. The largest absolute Gasteiger partial charge is 0.396 e. The highest BCUT2D eigenvalue weighted by atomic mass is 16.2. The van der Waals surface area contributed by atoms with Gasteiger partial charge in [-0.05, 0) is 30.5 Å². The van der Waals surface area contributed by atoms with Crippen molar-refractivity contribution in [1.82, 2.24) is 5.32 Å². The van der Waals surface area contributed by atoms with E-state index in [4.69, 9.17) is 5.11 Å². The number of carbonyl (C=O) groups is 1. The van der Waals surface area contributed by atoms with E-state index in [1.807, 2.05) is 24.3 Å². The van der Waals surface area contributed by atoms with Gasteiger partial charge < -0.3 is 10.4 Å². The third-order valence-corrected chi connectivity index (χ3v) is 2.43. The van der Waals surface area contributed by atoms with Crippen molar-refractivity contribution in [2.24, 2.45) is 0 Å². The molecule has 3 heteroatoms. The molecule has 0 aromatic heterocycles. The first-order valence-corrected chi connectivity index (χ1v) is 6.15. The Balaban J connectivity index is 2.38. The van der Waals surface area contributed by atoms with Crippen molar-refractivity contribution in [2.45, 2.75) is 26.2 Å². The lowest BCUT2D eigenvalue weighted by atomic mass is 10.1. The molecule has 0 fully saturated rings. The summed E-state index contributed by atoms with van der Waals surface area (Å²) in [6.07, 6.45) is 2.35. The average molecular weight is 245 g/mol. The summed E-state index contributed by atoms with van der Waals surface area (Å²) in [5.74, 6) is 6.04. The molecule has 0 atom stereocenters. The zero-order valence-corrected chi connectivity index (χ0v) is 10.7. The summed E-state index contributed by atoms with van der Waals surface area (Å²) < 4.78 is 0. The molecule has 0 aliphatic carbocycles. The Kier molecular flexibility index (Phi) is 6.60. The number of aliphatic hydroxyl groups excluding tert-OH is 1. The van der Waals surface area contributed by atoms with Crippen molar-refractivity contribution < 1.29 is 9.90 Å². The van der Waals surface area contributed by atoms with E-state index in [1.165, 1.54) is 12.5 Å². The van der Waals surface area contributed by atoms with Gasteiger partial charge in [-0.3, -0.25) is 4.79 Å². The van der Waals surface area contributed by atoms with Gasteiger partial charge in [0.1, 0.15) is 0 Å². The van der Waals surface area contributed by atoms with Crippen molar-refractivity contribution in [1.29, 1.82) is 0 Å². The number of carbonyl (C=O) groups excluding carboxylic acids is 1. The number of nitrogens with one attached hydrogen (secondary N) is 1. The molecule has 0 bridgehead atoms. The predicted molar refractivity (Wildman–Crippen MR) is 72.0 cm³/mol. The molecule has 0 spiro atoms. The molecule has 0 aliphatic heterocycles. The van der Waals surface area contributed by atoms with Crippen LogP contribution in [0.25, 0.3) is 0 Å². The van der Waals surface area contributed by atoms with Gasteiger partial charge in [0, 0.05) is 32.1 Å². The molecule has 3 nitrogen and oxygen atoms in total. The molecular formula is C15H19NO2. The van der Waals surface area contributed by atoms with Crippen LogP contribution in [-0.2, 0) is 11.2 Å². The summed E-state index contributed by atoms with van der Waals surface area (Å²) in [6, 6.07) is 8.04. The molecule has 0 saturated carbocycles. The molecule has 0 radical (unpaired) electrons. The van der Waals surface area contributed by atoms with E-state index < -0.39 is 0 Å². The summed E-state index contributed by atoms with van der Waals surface area (Å²) in [7, 11) is 0. The summed E-state index contributed by atoms with van der Waals surface area (Å²) in [6.45, 7) is 2.32. The van der Waals surface area contributed by atoms with Crippen LogP contribution in [0.2, 0.25) is 0 Å². The third-order valence-electron chi connectivity index (χ3n) is 2.43. The van der Waals surface area contributed by atoms with Crippen molar-refractivity contribution in [3.63, 3.8) is 0 Å². The molecule has 2 N–H and O–H groups in total. The number of hydrogen-bond acceptors (Lipinski definition) is 2. The Morgan fingerprint density at radius 1 is 1.33 bits per heavy atom. The molecule has 96 valence electrons. The minimum Gasteiger partial charge on any atom is -0.396 e. The molecule has 0 saturated heterocycles. The molecule has 0 unspecified atom stereocenters. The van der Waals surface area contributed by atoms with Crippen LogP contribution in [0.3, 0.4) is 0 Å². The van der Waals surface area contributed by atoms with Crippen LogP contribution in [0.4, 0.5) is 0 Å². The number of aliphatic hydroxyl groups is 1. The topological polar surface area (TPSA) is 49.3 Å². The quantitative estimate of drug-likeness (QED) is 0.610. The van der Waals surface area contributed by atoms with Crippen molar-refractivity contribution in [3.8, 4) is 11.8 Å². The minimum absolute atomic E-state index is 0.0231. The normalized spacial score (nSPS) is 9.44. The lowest BCUT2D eigenvalue weighted by Crippen LogP contribution is -2.20. The van der Waals surface area contributed by atoms with Crippen LogP contribution in [0.1, 0.15) is 30.9 Å². The Morgan fingerprint density at radius 2 is 2.06 bits per heavy atom. The van der Waals surface area contributed by atoms with Gasteiger partial charge in [-0.15, -0.1) is 0 Å². The van der Waals surface area contributed by atoms with E-state index >= 15 is 0 Å². The van der Waals surface area contributed by atoms with Crippen LogP contribution in [0, 0.1) is 11.8 Å². The van der Waals surface area contributed by atoms with Gasteiger partial charge in [-0.25, -0.2) is 0 Å². The van der Waals surface area contributed by atoms with Gasteiger partial charge in [0.2, 0.25) is 5.91 Å². The summed E-state index contributed by atoms with van der Waals surface area (Å²) in [4.78, 5) is 10.6. The van der Waals surface area contributed by atoms with E-state index in [0.717, 1.165) is 18.4 Å². The fourth-order valence-corrected chi connectivity index (χ4v) is 1.50. The Labute approximate surface area is 108 Å². The number of benzene rings is 1. The second-order valence-corrected chi connectivity index (χ2v) is 4.06. The van der Waals surface area contributed by atoms with Crippen LogP contribution in [0.5, 0.6) is 0 Å². The molecule has 0 heterocycles. The maximum atomic E-state index is 10.6. The van der Waals surface area contributed by atoms with E-state index in [9.17, 15) is 4.79 Å². The summed E-state index contributed by atoms with van der Waals surface area (Å²) >= 11 is 0. The average Bonchev–Trinajstić information content (AvgIpc) is 2.37. The van der Waals surface area contributed by atoms with Gasteiger partial charge >= 0.3 is 0 Å². The molecular weight excluding hydrogens is 226 g/mol. The highest BCUT2D eigenvalue weighted by Crippen LogP contribution is 2.05. The van der Waals surface area contributed by atoms with Gasteiger partial charge in [0.05, 0.1) is 0 Å². The van der Waals surface area contributed by atoms with Crippen LogP contribution >= 0.6 is 0 Å². The standard InChI is InChI=1S/C15H19NO2/c1-13(18)16-11-3-2-5-14-7-9-15(10-8-14)6-4-12-17/h7-10,17H,3-4,6,11-12H2,1H3,(H,16,18). The van der Waals surface area contributed by atoms with Crippen molar-refractivity contribution in [3.05, 3.63) is 35.4 Å². The zero-order chi connectivity index (χ0) is 13.2. The number of aryl methyl sites for hydroxylation is 1. The first kappa shape index (κ1) is 14.3. The molecule has 1 rings (SSSR count). The van der Waals surface area contributed by atoms with Crippen molar-refractivity contribution >= 4 is 5.91 Å². The van der Waals surface area contributed by atoms with Gasteiger partial charge in [0.15, 0.2) is 0 Å². The Hall–Kier alpha value is -1.79. The maximum absolute atomic E-state index is 10.6. The Morgan fingerprint density at radius 3 is 2.67 bits per heavy atom. The van der Waals surface area contributed by atoms with Crippen LogP contribution in [-0.4, -0.2) is 24.2 Å². The molecule has 1 aromatic carbocycles. The predicted octanol–water partition coefficient (Wildman–Crippen LogP) is 1.49. The summed E-state index contributed by atoms with van der Waals surface area (Å²) in [5, 5.41) is 11.4. The molecule has 18 heavy (non-hydrogen) atoms. The van der Waals surface area contributed by atoms with Crippen molar-refractivity contribution in [2.75, 3.05) is 13.2 Å². The van der Waals surface area contributed by atoms with E-state index in [2.05, 4.69) is 17.2 Å². The maximum Gasteiger partial charge on any atom is 0.216 e. The van der Waals surface area contributed by atoms with Gasteiger partial charge in [-0.2, -0.15) is 0 Å². The second-order valence-electron chi connectivity index (χ2n) is 4.06. The highest BCUT2D eigenvalue weighted by Gasteiger charge is 1.92. The van der Waals surface area contributed by atoms with E-state index in [0.29, 0.717) is 13.0 Å². The number of amides is 1. The Bertz CT molecular complexity index is 426. The smallest absolute Gasteiger partial charge is 0.216 e. The third kappa shape index (κ3) is 6.07. The molecule has 1 aromatic rings. The molecule has 0 aliphatic rings. The highest BCUT2D eigenvalue weighted by molar-refractivity contribution is 5.72. The number of rotatable bonds is 5. The fraction of sp³-hybridized carbons (Fsp3) is 0.400. The first-order valence-electron chi connectivity index (χ1n) is 6.15. The van der Waals surface area contributed by atoms with E-state index in [-0.39, 0.29) is 12.5 Å². The zero-order valence-electron chi connectivity index (χ0n) is 10.7. The van der Waals surface area contributed by atoms with Gasteiger partial charge in [-0.1, -0.05) is 24.0 Å². The minimum atomic E-state index is -0.0231.